The van der Waals surface area contributed by atoms with Gasteiger partial charge >= 0.3 is 0 Å². The first-order chi connectivity index (χ1) is 9.65. The van der Waals surface area contributed by atoms with Crippen molar-refractivity contribution in [2.75, 3.05) is 11.9 Å². The minimum Gasteiger partial charge on any atom is -0.463 e. The molecule has 1 heterocycles. The number of benzene rings is 1. The average Bonchev–Trinajstić information content (AvgIpc) is 2.93. The Labute approximate surface area is 125 Å². The number of hydrogen-bond donors (Lipinski definition) is 2. The summed E-state index contributed by atoms with van der Waals surface area (Å²) in [4.78, 5) is 11.5. The largest absolute Gasteiger partial charge is 0.463 e. The van der Waals surface area contributed by atoms with E-state index in [1.165, 1.54) is 12.5 Å². The quantitative estimate of drug-likeness (QED) is 0.658. The van der Waals surface area contributed by atoms with Crippen LogP contribution in [0.4, 0.5) is 5.69 Å². The van der Waals surface area contributed by atoms with E-state index in [2.05, 4.69) is 15.8 Å². The summed E-state index contributed by atoms with van der Waals surface area (Å²) in [5.74, 6) is 0.265. The summed E-state index contributed by atoms with van der Waals surface area (Å²) >= 11 is 11.7. The standard InChI is InChI=1S/C13H11Cl2N3O2/c14-11-4-3-9(6-12(11)15)16-8-13(19)18-17-7-10-2-1-5-20-10/h1-7,16H,8H2,(H,18,19). The van der Waals surface area contributed by atoms with Crippen LogP contribution in [0, 0.1) is 0 Å². The highest BCUT2D eigenvalue weighted by Crippen LogP contribution is 2.24. The molecular weight excluding hydrogens is 301 g/mol. The molecule has 0 aliphatic carbocycles. The molecule has 0 saturated heterocycles. The minimum atomic E-state index is -0.293. The summed E-state index contributed by atoms with van der Waals surface area (Å²) in [5.41, 5.74) is 3.06. The summed E-state index contributed by atoms with van der Waals surface area (Å²) in [6, 6.07) is 8.48. The second kappa shape index (κ2) is 6.98. The van der Waals surface area contributed by atoms with Gasteiger partial charge in [0.15, 0.2) is 0 Å². The van der Waals surface area contributed by atoms with E-state index in [0.717, 1.165) is 0 Å². The van der Waals surface area contributed by atoms with Crippen LogP contribution in [0.2, 0.25) is 10.0 Å². The molecule has 0 aliphatic heterocycles. The molecule has 0 aliphatic rings. The number of anilines is 1. The zero-order chi connectivity index (χ0) is 14.4. The van der Waals surface area contributed by atoms with Gasteiger partial charge in [0.25, 0.3) is 5.91 Å². The number of nitrogens with one attached hydrogen (secondary N) is 2. The number of carbonyl (C=O) groups is 1. The first-order valence-electron chi connectivity index (χ1n) is 5.69. The molecular formula is C13H11Cl2N3O2. The lowest BCUT2D eigenvalue weighted by Crippen LogP contribution is -2.25. The number of nitrogens with zero attached hydrogens (tertiary/aromatic N) is 1. The minimum absolute atomic E-state index is 0.0630. The van der Waals surface area contributed by atoms with Crippen LogP contribution in [0.15, 0.2) is 46.1 Å². The van der Waals surface area contributed by atoms with E-state index in [0.29, 0.717) is 21.5 Å². The monoisotopic (exact) mass is 311 g/mol. The molecule has 104 valence electrons. The Balaban J connectivity index is 1.78. The second-order valence-corrected chi connectivity index (χ2v) is 4.61. The highest BCUT2D eigenvalue weighted by Gasteiger charge is 2.02. The molecule has 2 rings (SSSR count). The summed E-state index contributed by atoms with van der Waals surface area (Å²) < 4.78 is 5.03. The van der Waals surface area contributed by atoms with Crippen LogP contribution in [0.3, 0.4) is 0 Å². The van der Waals surface area contributed by atoms with E-state index in [9.17, 15) is 4.79 Å². The fourth-order valence-corrected chi connectivity index (χ4v) is 1.66. The normalized spacial score (nSPS) is 10.7. The Bertz CT molecular complexity index is 612. The molecule has 0 radical (unpaired) electrons. The Morgan fingerprint density at radius 2 is 2.15 bits per heavy atom. The zero-order valence-corrected chi connectivity index (χ0v) is 11.8. The third-order valence-corrected chi connectivity index (χ3v) is 3.04. The summed E-state index contributed by atoms with van der Waals surface area (Å²) in [7, 11) is 0. The number of halogens is 2. The molecule has 5 nitrogen and oxygen atoms in total. The van der Waals surface area contributed by atoms with Gasteiger partial charge in [0, 0.05) is 5.69 Å². The van der Waals surface area contributed by atoms with Gasteiger partial charge in [-0.3, -0.25) is 4.79 Å². The van der Waals surface area contributed by atoms with Gasteiger partial charge in [-0.2, -0.15) is 5.10 Å². The van der Waals surface area contributed by atoms with Crippen LogP contribution in [0.5, 0.6) is 0 Å². The van der Waals surface area contributed by atoms with Crippen molar-refractivity contribution < 1.29 is 9.21 Å². The van der Waals surface area contributed by atoms with E-state index in [1.807, 2.05) is 0 Å². The van der Waals surface area contributed by atoms with Crippen molar-refractivity contribution in [2.24, 2.45) is 5.10 Å². The molecule has 0 saturated carbocycles. The van der Waals surface area contributed by atoms with Gasteiger partial charge in [-0.1, -0.05) is 23.2 Å². The highest BCUT2D eigenvalue weighted by atomic mass is 35.5. The van der Waals surface area contributed by atoms with Gasteiger partial charge in [0.05, 0.1) is 29.1 Å². The lowest BCUT2D eigenvalue weighted by molar-refractivity contribution is -0.119. The number of amides is 1. The van der Waals surface area contributed by atoms with Gasteiger partial charge in [0.1, 0.15) is 5.76 Å². The molecule has 0 fully saturated rings. The smallest absolute Gasteiger partial charge is 0.259 e. The second-order valence-electron chi connectivity index (χ2n) is 3.79. The van der Waals surface area contributed by atoms with Gasteiger partial charge < -0.3 is 9.73 Å². The number of hydrogen-bond acceptors (Lipinski definition) is 4. The topological polar surface area (TPSA) is 66.6 Å². The van der Waals surface area contributed by atoms with Crippen LogP contribution >= 0.6 is 23.2 Å². The molecule has 1 aromatic heterocycles. The summed E-state index contributed by atoms with van der Waals surface area (Å²) in [6.45, 7) is 0.0630. The average molecular weight is 312 g/mol. The summed E-state index contributed by atoms with van der Waals surface area (Å²) in [6.07, 6.45) is 2.94. The van der Waals surface area contributed by atoms with Crippen molar-refractivity contribution in [3.63, 3.8) is 0 Å². The zero-order valence-electron chi connectivity index (χ0n) is 10.3. The molecule has 7 heteroatoms. The Kier molecular flexibility index (Phi) is 5.03. The molecule has 0 bridgehead atoms. The predicted octanol–water partition coefficient (Wildman–Crippen LogP) is 3.15. The first-order valence-corrected chi connectivity index (χ1v) is 6.45. The van der Waals surface area contributed by atoms with Crippen molar-refractivity contribution in [3.05, 3.63) is 52.4 Å². The van der Waals surface area contributed by atoms with Crippen molar-refractivity contribution in [3.8, 4) is 0 Å². The van der Waals surface area contributed by atoms with E-state index in [1.54, 1.807) is 30.3 Å². The molecule has 20 heavy (non-hydrogen) atoms. The number of carbonyl (C=O) groups excluding carboxylic acids is 1. The van der Waals surface area contributed by atoms with Crippen molar-refractivity contribution >= 4 is 41.0 Å². The van der Waals surface area contributed by atoms with Crippen LogP contribution in [-0.2, 0) is 4.79 Å². The lowest BCUT2D eigenvalue weighted by atomic mass is 10.3. The summed E-state index contributed by atoms with van der Waals surface area (Å²) in [5, 5.41) is 7.54. The molecule has 1 amide bonds. The van der Waals surface area contributed by atoms with Gasteiger partial charge in [-0.15, -0.1) is 0 Å². The van der Waals surface area contributed by atoms with Crippen molar-refractivity contribution in [1.82, 2.24) is 5.43 Å². The fraction of sp³-hybridized carbons (Fsp3) is 0.0769. The van der Waals surface area contributed by atoms with Crippen LogP contribution in [0.1, 0.15) is 5.76 Å². The molecule has 0 atom stereocenters. The molecule has 0 spiro atoms. The number of rotatable bonds is 5. The van der Waals surface area contributed by atoms with E-state index < -0.39 is 0 Å². The van der Waals surface area contributed by atoms with Gasteiger partial charge in [-0.05, 0) is 30.3 Å². The number of hydrazone groups is 1. The fourth-order valence-electron chi connectivity index (χ4n) is 1.36. The SMILES string of the molecule is O=C(CNc1ccc(Cl)c(Cl)c1)NN=Cc1ccco1. The maximum Gasteiger partial charge on any atom is 0.259 e. The van der Waals surface area contributed by atoms with E-state index in [-0.39, 0.29) is 12.5 Å². The molecule has 2 aromatic rings. The maximum absolute atomic E-state index is 11.5. The van der Waals surface area contributed by atoms with Gasteiger partial charge in [0.2, 0.25) is 0 Å². The maximum atomic E-state index is 11.5. The first kappa shape index (κ1) is 14.4. The van der Waals surface area contributed by atoms with Crippen molar-refractivity contribution in [1.29, 1.82) is 0 Å². The van der Waals surface area contributed by atoms with E-state index >= 15 is 0 Å². The lowest BCUT2D eigenvalue weighted by Gasteiger charge is -2.06. The Morgan fingerprint density at radius 3 is 2.85 bits per heavy atom. The molecule has 0 unspecified atom stereocenters. The van der Waals surface area contributed by atoms with E-state index in [4.69, 9.17) is 27.6 Å². The Hall–Kier alpha value is -1.98. The van der Waals surface area contributed by atoms with Gasteiger partial charge in [-0.25, -0.2) is 5.43 Å². The van der Waals surface area contributed by atoms with Crippen LogP contribution in [-0.4, -0.2) is 18.7 Å². The highest BCUT2D eigenvalue weighted by molar-refractivity contribution is 6.42. The van der Waals surface area contributed by atoms with Crippen LogP contribution in [0.25, 0.3) is 0 Å². The third kappa shape index (κ3) is 4.29. The molecule has 1 aromatic carbocycles. The number of furan rings is 1. The van der Waals surface area contributed by atoms with Crippen molar-refractivity contribution in [2.45, 2.75) is 0 Å². The Morgan fingerprint density at radius 1 is 1.30 bits per heavy atom. The van der Waals surface area contributed by atoms with Crippen LogP contribution < -0.4 is 10.7 Å². The molecule has 2 N–H and O–H groups in total. The third-order valence-electron chi connectivity index (χ3n) is 2.30. The predicted molar refractivity (Wildman–Crippen MR) is 79.4 cm³/mol.